The first-order chi connectivity index (χ1) is 27.8. The van der Waals surface area contributed by atoms with Crippen LogP contribution in [0.3, 0.4) is 0 Å². The van der Waals surface area contributed by atoms with Crippen LogP contribution in [0.15, 0.2) is 218 Å². The van der Waals surface area contributed by atoms with Crippen LogP contribution in [0.1, 0.15) is 0 Å². The highest BCUT2D eigenvalue weighted by Crippen LogP contribution is 2.50. The largest absolute Gasteiger partial charge is 0.310 e. The first-order valence-corrected chi connectivity index (χ1v) is 19.3. The summed E-state index contributed by atoms with van der Waals surface area (Å²) in [7, 11) is 0. The van der Waals surface area contributed by atoms with E-state index in [1.807, 2.05) is 0 Å². The molecule has 2 nitrogen and oxygen atoms in total. The average molecular weight is 713 g/mol. The average Bonchev–Trinajstić information content (AvgIpc) is 3.60. The molecule has 10 aromatic carbocycles. The summed E-state index contributed by atoms with van der Waals surface area (Å²) in [6.07, 6.45) is 0. The van der Waals surface area contributed by atoms with Gasteiger partial charge in [0.15, 0.2) is 0 Å². The monoisotopic (exact) mass is 712 g/mol. The van der Waals surface area contributed by atoms with Crippen molar-refractivity contribution < 1.29 is 0 Å². The number of hydrogen-bond donors (Lipinski definition) is 0. The number of anilines is 3. The number of hydrogen-bond acceptors (Lipinski definition) is 1. The predicted molar refractivity (Wildman–Crippen MR) is 239 cm³/mol. The molecule has 1 aromatic heterocycles. The first-order valence-electron chi connectivity index (χ1n) is 19.3. The molecular weight excluding hydrogens is 677 g/mol. The smallest absolute Gasteiger partial charge is 0.0561 e. The van der Waals surface area contributed by atoms with Crippen LogP contribution in [0.25, 0.3) is 82.1 Å². The molecule has 0 bridgehead atoms. The zero-order chi connectivity index (χ0) is 37.0. The van der Waals surface area contributed by atoms with Crippen molar-refractivity contribution in [3.8, 4) is 27.9 Å². The lowest BCUT2D eigenvalue weighted by Crippen LogP contribution is -2.12. The minimum atomic E-state index is 1.09. The van der Waals surface area contributed by atoms with E-state index in [9.17, 15) is 0 Å². The topological polar surface area (TPSA) is 8.17 Å². The normalized spacial score (nSPS) is 11.6. The van der Waals surface area contributed by atoms with Gasteiger partial charge in [0.1, 0.15) is 0 Å². The Morgan fingerprint density at radius 1 is 0.304 bits per heavy atom. The summed E-state index contributed by atoms with van der Waals surface area (Å²) in [6, 6.07) is 79.6. The molecule has 0 unspecified atom stereocenters. The second-order valence-corrected chi connectivity index (χ2v) is 14.5. The quantitative estimate of drug-likeness (QED) is 0.156. The first kappa shape index (κ1) is 32.0. The van der Waals surface area contributed by atoms with Crippen LogP contribution >= 0.6 is 0 Å². The van der Waals surface area contributed by atoms with E-state index in [0.29, 0.717) is 0 Å². The van der Waals surface area contributed by atoms with Crippen molar-refractivity contribution in [1.82, 2.24) is 4.57 Å². The van der Waals surface area contributed by atoms with E-state index in [2.05, 4.69) is 228 Å². The maximum Gasteiger partial charge on any atom is 0.0561 e. The number of benzene rings is 10. The van der Waals surface area contributed by atoms with Gasteiger partial charge < -0.3 is 9.47 Å². The third-order valence-corrected chi connectivity index (χ3v) is 11.3. The zero-order valence-corrected chi connectivity index (χ0v) is 30.7. The van der Waals surface area contributed by atoms with E-state index in [4.69, 9.17) is 0 Å². The maximum absolute atomic E-state index is 2.46. The Bertz CT molecular complexity index is 3240. The fourth-order valence-electron chi connectivity index (χ4n) is 8.91. The number of para-hydroxylation sites is 3. The molecule has 0 aliphatic heterocycles. The van der Waals surface area contributed by atoms with Crippen LogP contribution < -0.4 is 4.90 Å². The highest BCUT2D eigenvalue weighted by Gasteiger charge is 2.24. The van der Waals surface area contributed by atoms with Gasteiger partial charge in [0.25, 0.3) is 0 Å². The Morgan fingerprint density at radius 2 is 0.893 bits per heavy atom. The molecule has 0 N–H and O–H groups in total. The van der Waals surface area contributed by atoms with Gasteiger partial charge in [0, 0.05) is 33.4 Å². The third kappa shape index (κ3) is 5.11. The molecule has 0 saturated heterocycles. The fourth-order valence-corrected chi connectivity index (χ4v) is 8.91. The molecule has 56 heavy (non-hydrogen) atoms. The van der Waals surface area contributed by atoms with Crippen molar-refractivity contribution in [2.24, 2.45) is 0 Å². The van der Waals surface area contributed by atoms with Crippen molar-refractivity contribution in [3.05, 3.63) is 218 Å². The van der Waals surface area contributed by atoms with Crippen LogP contribution in [-0.2, 0) is 0 Å². The third-order valence-electron chi connectivity index (χ3n) is 11.3. The summed E-state index contributed by atoms with van der Waals surface area (Å²) < 4.78 is 2.40. The van der Waals surface area contributed by atoms with E-state index in [0.717, 1.165) is 22.7 Å². The van der Waals surface area contributed by atoms with Crippen LogP contribution in [0.4, 0.5) is 17.1 Å². The van der Waals surface area contributed by atoms with Gasteiger partial charge in [-0.15, -0.1) is 0 Å². The van der Waals surface area contributed by atoms with Crippen molar-refractivity contribution in [2.45, 2.75) is 0 Å². The minimum Gasteiger partial charge on any atom is -0.310 e. The standard InChI is InChI=1S/C54H36N2/c1-3-20-39(21-4-1)55(41-33-34-48-47-28-13-14-31-51(47)56(53(48)36-41)40-22-5-2-6-23-40)52-32-16-30-49(45-29-15-19-37-17-7-9-24-42(37)45)54(52)50-35-38-18-8-10-25-43(38)44-26-11-12-27-46(44)50/h1-36H. The Morgan fingerprint density at radius 3 is 1.71 bits per heavy atom. The van der Waals surface area contributed by atoms with Crippen molar-refractivity contribution in [1.29, 1.82) is 0 Å². The Balaban J connectivity index is 1.27. The molecule has 1 heterocycles. The van der Waals surface area contributed by atoms with E-state index in [1.165, 1.54) is 76.4 Å². The Labute approximate surface area is 325 Å². The highest BCUT2D eigenvalue weighted by atomic mass is 15.1. The van der Waals surface area contributed by atoms with Crippen molar-refractivity contribution in [3.63, 3.8) is 0 Å². The van der Waals surface area contributed by atoms with E-state index in [1.54, 1.807) is 0 Å². The second kappa shape index (κ2) is 13.2. The summed E-state index contributed by atoms with van der Waals surface area (Å²) in [6.45, 7) is 0. The van der Waals surface area contributed by atoms with Gasteiger partial charge in [-0.05, 0) is 104 Å². The van der Waals surface area contributed by atoms with Gasteiger partial charge in [-0.3, -0.25) is 0 Å². The number of rotatable bonds is 6. The lowest BCUT2D eigenvalue weighted by molar-refractivity contribution is 1.18. The Hall–Kier alpha value is -7.42. The molecule has 0 fully saturated rings. The van der Waals surface area contributed by atoms with Gasteiger partial charge in [0.05, 0.1) is 16.7 Å². The molecule has 0 atom stereocenters. The van der Waals surface area contributed by atoms with E-state index >= 15 is 0 Å². The molecule has 0 aliphatic carbocycles. The van der Waals surface area contributed by atoms with Crippen LogP contribution in [-0.4, -0.2) is 4.57 Å². The summed E-state index contributed by atoms with van der Waals surface area (Å²) in [5, 5.41) is 9.89. The fraction of sp³-hybridized carbons (Fsp3) is 0. The van der Waals surface area contributed by atoms with Gasteiger partial charge in [-0.1, -0.05) is 164 Å². The number of aromatic nitrogens is 1. The molecule has 0 radical (unpaired) electrons. The SMILES string of the molecule is c1ccc(N(c2ccc3c4ccccc4n(-c4ccccc4)c3c2)c2cccc(-c3cccc4ccccc34)c2-c2cc3ccccc3c3ccccc23)cc1. The van der Waals surface area contributed by atoms with Crippen molar-refractivity contribution >= 4 is 71.2 Å². The molecule has 11 aromatic rings. The summed E-state index contributed by atoms with van der Waals surface area (Å²) in [5.74, 6) is 0. The lowest BCUT2D eigenvalue weighted by atomic mass is 9.86. The molecule has 11 rings (SSSR count). The minimum absolute atomic E-state index is 1.09. The number of fused-ring (bicyclic) bond motifs is 7. The molecule has 0 spiro atoms. The maximum atomic E-state index is 2.46. The predicted octanol–water partition coefficient (Wildman–Crippen LogP) is 15.0. The van der Waals surface area contributed by atoms with E-state index in [-0.39, 0.29) is 0 Å². The van der Waals surface area contributed by atoms with Gasteiger partial charge >= 0.3 is 0 Å². The lowest BCUT2D eigenvalue weighted by Gasteiger charge is -2.30. The molecule has 0 amide bonds. The summed E-state index contributed by atoms with van der Waals surface area (Å²) in [4.78, 5) is 2.46. The highest BCUT2D eigenvalue weighted by molar-refractivity contribution is 6.18. The van der Waals surface area contributed by atoms with Gasteiger partial charge in [-0.25, -0.2) is 0 Å². The van der Waals surface area contributed by atoms with E-state index < -0.39 is 0 Å². The molecule has 0 aliphatic rings. The molecular formula is C54H36N2. The number of nitrogens with zero attached hydrogens (tertiary/aromatic N) is 2. The van der Waals surface area contributed by atoms with Crippen LogP contribution in [0.2, 0.25) is 0 Å². The zero-order valence-electron chi connectivity index (χ0n) is 30.7. The molecule has 2 heteroatoms. The molecule has 0 saturated carbocycles. The molecule has 262 valence electrons. The summed E-state index contributed by atoms with van der Waals surface area (Å²) >= 11 is 0. The van der Waals surface area contributed by atoms with Crippen LogP contribution in [0, 0.1) is 0 Å². The van der Waals surface area contributed by atoms with Gasteiger partial charge in [-0.2, -0.15) is 0 Å². The van der Waals surface area contributed by atoms with Crippen molar-refractivity contribution in [2.75, 3.05) is 4.90 Å². The Kier molecular flexibility index (Phi) is 7.53. The van der Waals surface area contributed by atoms with Gasteiger partial charge in [0.2, 0.25) is 0 Å². The van der Waals surface area contributed by atoms with Crippen LogP contribution in [0.5, 0.6) is 0 Å². The second-order valence-electron chi connectivity index (χ2n) is 14.5. The summed E-state index contributed by atoms with van der Waals surface area (Å²) in [5.41, 5.74) is 11.6.